The highest BCUT2D eigenvalue weighted by atomic mass is 32.2. The van der Waals surface area contributed by atoms with Crippen LogP contribution >= 0.6 is 11.8 Å². The van der Waals surface area contributed by atoms with Gasteiger partial charge in [-0.1, -0.05) is 11.8 Å². The first-order valence-corrected chi connectivity index (χ1v) is 6.10. The van der Waals surface area contributed by atoms with E-state index in [1.807, 2.05) is 18.5 Å². The molecular weight excluding hydrogens is 224 g/mol. The van der Waals surface area contributed by atoms with Gasteiger partial charge >= 0.3 is 0 Å². The summed E-state index contributed by atoms with van der Waals surface area (Å²) < 4.78 is 7.29. The van der Waals surface area contributed by atoms with Crippen LogP contribution in [-0.4, -0.2) is 25.0 Å². The van der Waals surface area contributed by atoms with Crippen LogP contribution in [0.5, 0.6) is 0 Å². The van der Waals surface area contributed by atoms with E-state index in [0.717, 1.165) is 21.9 Å². The summed E-state index contributed by atoms with van der Waals surface area (Å²) in [6.45, 7) is 1.90. The first-order valence-electron chi connectivity index (χ1n) is 5.22. The molecular formula is C10H12N4OS. The zero-order valence-corrected chi connectivity index (χ0v) is 9.99. The molecule has 2 aromatic rings. The maximum absolute atomic E-state index is 5.32. The first kappa shape index (κ1) is 9.89. The van der Waals surface area contributed by atoms with E-state index in [1.54, 1.807) is 11.8 Å². The van der Waals surface area contributed by atoms with Crippen LogP contribution < -0.4 is 0 Å². The van der Waals surface area contributed by atoms with Crippen molar-refractivity contribution in [3.8, 4) is 11.6 Å². The van der Waals surface area contributed by atoms with Gasteiger partial charge in [0.2, 0.25) is 5.82 Å². The smallest absolute Gasteiger partial charge is 0.202 e. The maximum Gasteiger partial charge on any atom is 0.202 e. The van der Waals surface area contributed by atoms with Crippen molar-refractivity contribution in [1.82, 2.24) is 19.7 Å². The molecule has 5 nitrogen and oxygen atoms in total. The maximum atomic E-state index is 5.32. The summed E-state index contributed by atoms with van der Waals surface area (Å²) in [5.74, 6) is 1.45. The van der Waals surface area contributed by atoms with Gasteiger partial charge in [0.1, 0.15) is 0 Å². The molecule has 1 saturated carbocycles. The van der Waals surface area contributed by atoms with Crippen LogP contribution in [0.25, 0.3) is 11.6 Å². The van der Waals surface area contributed by atoms with Gasteiger partial charge in [0, 0.05) is 12.3 Å². The van der Waals surface area contributed by atoms with E-state index in [0.29, 0.717) is 5.76 Å². The van der Waals surface area contributed by atoms with Crippen molar-refractivity contribution in [2.45, 2.75) is 30.2 Å². The van der Waals surface area contributed by atoms with Gasteiger partial charge in [0.05, 0.1) is 5.69 Å². The van der Waals surface area contributed by atoms with E-state index in [9.17, 15) is 0 Å². The first-order chi connectivity index (χ1) is 7.75. The van der Waals surface area contributed by atoms with Crippen molar-refractivity contribution < 1.29 is 4.42 Å². The number of oxazole rings is 1. The summed E-state index contributed by atoms with van der Waals surface area (Å²) in [7, 11) is 1.96. The Hall–Kier alpha value is -1.30. The summed E-state index contributed by atoms with van der Waals surface area (Å²) in [6, 6.07) is 0. The molecule has 0 atom stereocenters. The van der Waals surface area contributed by atoms with Crippen LogP contribution in [-0.2, 0) is 7.05 Å². The van der Waals surface area contributed by atoms with Crippen LogP contribution in [0.2, 0.25) is 0 Å². The summed E-state index contributed by atoms with van der Waals surface area (Å²) >= 11 is 1.79. The van der Waals surface area contributed by atoms with E-state index in [1.165, 1.54) is 19.2 Å². The molecule has 1 fully saturated rings. The lowest BCUT2D eigenvalue weighted by atomic mass is 10.3. The second-order valence-corrected chi connectivity index (χ2v) is 5.22. The molecule has 3 rings (SSSR count). The van der Waals surface area contributed by atoms with E-state index in [4.69, 9.17) is 4.42 Å². The summed E-state index contributed by atoms with van der Waals surface area (Å²) in [5, 5.41) is 10.0. The van der Waals surface area contributed by atoms with Crippen LogP contribution in [0.4, 0.5) is 0 Å². The van der Waals surface area contributed by atoms with Crippen LogP contribution in [0, 0.1) is 6.92 Å². The van der Waals surface area contributed by atoms with Gasteiger partial charge in [-0.25, -0.2) is 4.98 Å². The number of thioether (sulfide) groups is 1. The molecule has 0 radical (unpaired) electrons. The Morgan fingerprint density at radius 2 is 2.25 bits per heavy atom. The Balaban J connectivity index is 1.95. The average molecular weight is 236 g/mol. The molecule has 84 valence electrons. The Morgan fingerprint density at radius 1 is 1.44 bits per heavy atom. The van der Waals surface area contributed by atoms with Crippen molar-refractivity contribution in [3.05, 3.63) is 12.1 Å². The van der Waals surface area contributed by atoms with Gasteiger partial charge in [-0.05, 0) is 19.8 Å². The van der Waals surface area contributed by atoms with E-state index >= 15 is 0 Å². The molecule has 1 aliphatic rings. The number of hydrogen-bond donors (Lipinski definition) is 0. The van der Waals surface area contributed by atoms with Gasteiger partial charge in [-0.2, -0.15) is 0 Å². The standard InChI is InChI=1S/C10H12N4OS/c1-6-8(15-5-11-6)9-12-13-10(14(9)2)16-7-3-4-7/h5,7H,3-4H2,1-2H3. The zero-order chi connectivity index (χ0) is 11.1. The van der Waals surface area contributed by atoms with Gasteiger partial charge in [-0.15, -0.1) is 10.2 Å². The molecule has 0 saturated heterocycles. The monoisotopic (exact) mass is 236 g/mol. The normalized spacial score (nSPS) is 15.6. The molecule has 2 aromatic heterocycles. The minimum Gasteiger partial charge on any atom is -0.440 e. The quantitative estimate of drug-likeness (QED) is 0.816. The van der Waals surface area contributed by atoms with Crippen molar-refractivity contribution >= 4 is 11.8 Å². The topological polar surface area (TPSA) is 56.7 Å². The van der Waals surface area contributed by atoms with Gasteiger partial charge in [-0.3, -0.25) is 0 Å². The van der Waals surface area contributed by atoms with E-state index in [2.05, 4.69) is 15.2 Å². The highest BCUT2D eigenvalue weighted by Gasteiger charge is 2.26. The van der Waals surface area contributed by atoms with Crippen molar-refractivity contribution in [1.29, 1.82) is 0 Å². The number of rotatable bonds is 3. The fourth-order valence-corrected chi connectivity index (χ4v) is 2.47. The molecule has 0 N–H and O–H groups in total. The lowest BCUT2D eigenvalue weighted by Gasteiger charge is -2.00. The number of aryl methyl sites for hydroxylation is 1. The summed E-state index contributed by atoms with van der Waals surface area (Å²) in [6.07, 6.45) is 4.01. The zero-order valence-electron chi connectivity index (χ0n) is 9.17. The third-order valence-electron chi connectivity index (χ3n) is 2.58. The summed E-state index contributed by atoms with van der Waals surface area (Å²) in [5.41, 5.74) is 0.846. The molecule has 6 heteroatoms. The number of hydrogen-bond acceptors (Lipinski definition) is 5. The van der Waals surface area contributed by atoms with Crippen molar-refractivity contribution in [2.75, 3.05) is 0 Å². The van der Waals surface area contributed by atoms with Crippen molar-refractivity contribution in [2.24, 2.45) is 7.05 Å². The fraction of sp³-hybridized carbons (Fsp3) is 0.500. The molecule has 0 bridgehead atoms. The highest BCUT2D eigenvalue weighted by molar-refractivity contribution is 8.00. The van der Waals surface area contributed by atoms with Crippen molar-refractivity contribution in [3.63, 3.8) is 0 Å². The minimum atomic E-state index is 0.706. The molecule has 0 spiro atoms. The number of nitrogens with zero attached hydrogens (tertiary/aromatic N) is 4. The number of aromatic nitrogens is 4. The Bertz CT molecular complexity index is 515. The average Bonchev–Trinajstić information content (AvgIpc) is 2.88. The molecule has 1 aliphatic carbocycles. The summed E-state index contributed by atoms with van der Waals surface area (Å²) in [4.78, 5) is 4.06. The second-order valence-electron chi connectivity index (χ2n) is 3.95. The third-order valence-corrected chi connectivity index (χ3v) is 3.95. The molecule has 0 aliphatic heterocycles. The van der Waals surface area contributed by atoms with Crippen LogP contribution in [0.1, 0.15) is 18.5 Å². The lowest BCUT2D eigenvalue weighted by molar-refractivity contribution is 0.562. The SMILES string of the molecule is Cc1ncoc1-c1nnc(SC2CC2)n1C. The molecule has 0 amide bonds. The molecule has 2 heterocycles. The predicted molar refractivity (Wildman–Crippen MR) is 60.1 cm³/mol. The highest BCUT2D eigenvalue weighted by Crippen LogP contribution is 2.38. The third kappa shape index (κ3) is 1.63. The largest absolute Gasteiger partial charge is 0.440 e. The Labute approximate surface area is 97.3 Å². The van der Waals surface area contributed by atoms with E-state index < -0.39 is 0 Å². The molecule has 16 heavy (non-hydrogen) atoms. The van der Waals surface area contributed by atoms with Gasteiger partial charge in [0.15, 0.2) is 17.3 Å². The second kappa shape index (κ2) is 3.62. The Morgan fingerprint density at radius 3 is 2.88 bits per heavy atom. The fourth-order valence-electron chi connectivity index (χ4n) is 1.47. The van der Waals surface area contributed by atoms with Gasteiger partial charge < -0.3 is 8.98 Å². The molecule has 0 unspecified atom stereocenters. The van der Waals surface area contributed by atoms with Crippen LogP contribution in [0.3, 0.4) is 0 Å². The van der Waals surface area contributed by atoms with E-state index in [-0.39, 0.29) is 0 Å². The lowest BCUT2D eigenvalue weighted by Crippen LogP contribution is -1.95. The molecule has 0 aromatic carbocycles. The minimum absolute atomic E-state index is 0.706. The predicted octanol–water partition coefficient (Wildman–Crippen LogP) is 2.03. The Kier molecular flexibility index (Phi) is 2.24. The van der Waals surface area contributed by atoms with Gasteiger partial charge in [0.25, 0.3) is 0 Å². The van der Waals surface area contributed by atoms with Crippen LogP contribution in [0.15, 0.2) is 16.0 Å².